The van der Waals surface area contributed by atoms with Crippen molar-refractivity contribution in [3.05, 3.63) is 53.6 Å². The quantitative estimate of drug-likeness (QED) is 0.609. The molecule has 0 aliphatic carbocycles. The molecule has 0 fully saturated rings. The summed E-state index contributed by atoms with van der Waals surface area (Å²) in [7, 11) is 0. The van der Waals surface area contributed by atoms with Gasteiger partial charge in [-0.05, 0) is 30.4 Å². The van der Waals surface area contributed by atoms with Gasteiger partial charge in [-0.2, -0.15) is 13.2 Å². The number of rotatable bonds is 5. The number of halogens is 4. The number of aryl methyl sites for hydroxylation is 1. The molecule has 2 heterocycles. The molecule has 0 bridgehead atoms. The summed E-state index contributed by atoms with van der Waals surface area (Å²) in [4.78, 5) is 12.2. The number of aromatic nitrogens is 3. The molecule has 4 nitrogen and oxygen atoms in total. The lowest BCUT2D eigenvalue weighted by molar-refractivity contribution is -0.135. The normalized spacial score (nSPS) is 11.7. The van der Waals surface area contributed by atoms with Gasteiger partial charge >= 0.3 is 12.2 Å². The fraction of sp³-hybridized carbons (Fsp3) is 0.235. The lowest BCUT2D eigenvalue weighted by atomic mass is 10.0. The summed E-state index contributed by atoms with van der Waals surface area (Å²) < 4.78 is 42.9. The zero-order chi connectivity index (χ0) is 17.9. The fourth-order valence-electron chi connectivity index (χ4n) is 2.45. The highest BCUT2D eigenvalue weighted by Gasteiger charge is 2.26. The molecule has 0 saturated carbocycles. The van der Waals surface area contributed by atoms with E-state index in [1.54, 1.807) is 24.4 Å². The van der Waals surface area contributed by atoms with E-state index in [-0.39, 0.29) is 18.9 Å². The van der Waals surface area contributed by atoms with Crippen LogP contribution in [0.1, 0.15) is 18.5 Å². The van der Waals surface area contributed by atoms with E-state index in [1.165, 1.54) is 12.4 Å². The summed E-state index contributed by atoms with van der Waals surface area (Å²) >= 11 is 5.75. The first-order valence-corrected chi connectivity index (χ1v) is 7.89. The lowest BCUT2D eigenvalue weighted by Crippen LogP contribution is -2.07. The maximum Gasteiger partial charge on any atom is 0.389 e. The van der Waals surface area contributed by atoms with Crippen molar-refractivity contribution < 1.29 is 17.9 Å². The average Bonchev–Trinajstić information content (AvgIpc) is 2.56. The van der Waals surface area contributed by atoms with Crippen LogP contribution in [0, 0.1) is 0 Å². The summed E-state index contributed by atoms with van der Waals surface area (Å²) in [5, 5.41) is 1.86. The number of hydrogen-bond donors (Lipinski definition) is 0. The minimum Gasteiger partial charge on any atom is -0.424 e. The SMILES string of the molecule is FC(F)(F)CCCc1nccc2cccc(Oc3ncc(Cl)cn3)c12. The highest BCUT2D eigenvalue weighted by Crippen LogP contribution is 2.32. The Kier molecular flexibility index (Phi) is 5.03. The van der Waals surface area contributed by atoms with E-state index < -0.39 is 12.6 Å². The molecule has 3 aromatic rings. The smallest absolute Gasteiger partial charge is 0.389 e. The molecule has 0 saturated heterocycles. The molecule has 25 heavy (non-hydrogen) atoms. The van der Waals surface area contributed by atoms with E-state index in [1.807, 2.05) is 6.07 Å². The third-order valence-electron chi connectivity index (χ3n) is 3.50. The predicted octanol–water partition coefficient (Wildman–Crippen LogP) is 5.36. The van der Waals surface area contributed by atoms with Gasteiger partial charge in [-0.1, -0.05) is 23.7 Å². The Morgan fingerprint density at radius 2 is 1.80 bits per heavy atom. The molecule has 0 unspecified atom stereocenters. The third-order valence-corrected chi connectivity index (χ3v) is 3.70. The maximum atomic E-state index is 12.4. The molecule has 2 aromatic heterocycles. The molecule has 0 N–H and O–H groups in total. The Morgan fingerprint density at radius 3 is 2.52 bits per heavy atom. The van der Waals surface area contributed by atoms with Crippen molar-refractivity contribution in [2.24, 2.45) is 0 Å². The van der Waals surface area contributed by atoms with Gasteiger partial charge < -0.3 is 4.74 Å². The highest BCUT2D eigenvalue weighted by atomic mass is 35.5. The number of ether oxygens (including phenoxy) is 1. The van der Waals surface area contributed by atoms with Crippen LogP contribution in [0.3, 0.4) is 0 Å². The summed E-state index contributed by atoms with van der Waals surface area (Å²) in [6.45, 7) is 0. The van der Waals surface area contributed by atoms with Crippen LogP contribution in [0.25, 0.3) is 10.8 Å². The largest absolute Gasteiger partial charge is 0.424 e. The average molecular weight is 368 g/mol. The maximum absolute atomic E-state index is 12.4. The van der Waals surface area contributed by atoms with Crippen LogP contribution in [0.2, 0.25) is 5.02 Å². The summed E-state index contributed by atoms with van der Waals surface area (Å²) in [6, 6.07) is 7.21. The first-order valence-electron chi connectivity index (χ1n) is 7.51. The van der Waals surface area contributed by atoms with E-state index in [0.717, 1.165) is 5.39 Å². The fourth-order valence-corrected chi connectivity index (χ4v) is 2.55. The molecule has 0 aliphatic heterocycles. The lowest BCUT2D eigenvalue weighted by Gasteiger charge is -2.11. The van der Waals surface area contributed by atoms with Crippen LogP contribution in [0.15, 0.2) is 42.9 Å². The topological polar surface area (TPSA) is 47.9 Å². The second-order valence-corrected chi connectivity index (χ2v) is 5.80. The van der Waals surface area contributed by atoms with Gasteiger partial charge in [0, 0.05) is 18.0 Å². The van der Waals surface area contributed by atoms with Crippen LogP contribution in [-0.2, 0) is 6.42 Å². The van der Waals surface area contributed by atoms with Gasteiger partial charge in [0.05, 0.1) is 23.1 Å². The standard InChI is InChI=1S/C17H13ClF3N3O/c18-12-9-23-16(24-10-12)25-14-5-1-3-11-6-8-22-13(15(11)14)4-2-7-17(19,20)21/h1,3,5-6,8-10H,2,4,7H2. The minimum absolute atomic E-state index is 0.0403. The molecule has 1 aromatic carbocycles. The van der Waals surface area contributed by atoms with E-state index >= 15 is 0 Å². The van der Waals surface area contributed by atoms with Gasteiger partial charge in [-0.25, -0.2) is 9.97 Å². The molecule has 3 rings (SSSR count). The Hall–Kier alpha value is -2.41. The zero-order valence-corrected chi connectivity index (χ0v) is 13.7. The molecule has 130 valence electrons. The Bertz CT molecular complexity index is 864. The zero-order valence-electron chi connectivity index (χ0n) is 12.9. The van der Waals surface area contributed by atoms with E-state index in [2.05, 4.69) is 15.0 Å². The molecule has 0 atom stereocenters. The first kappa shape index (κ1) is 17.4. The number of nitrogens with zero attached hydrogens (tertiary/aromatic N) is 3. The van der Waals surface area contributed by atoms with E-state index in [9.17, 15) is 13.2 Å². The van der Waals surface area contributed by atoms with Crippen molar-refractivity contribution in [2.75, 3.05) is 0 Å². The van der Waals surface area contributed by atoms with Gasteiger partial charge in [-0.15, -0.1) is 0 Å². The van der Waals surface area contributed by atoms with Gasteiger partial charge in [0.15, 0.2) is 0 Å². The van der Waals surface area contributed by atoms with Gasteiger partial charge in [0.1, 0.15) is 5.75 Å². The van der Waals surface area contributed by atoms with Crippen molar-refractivity contribution in [1.82, 2.24) is 15.0 Å². The Balaban J connectivity index is 1.91. The second kappa shape index (κ2) is 7.23. The molecule has 0 aliphatic rings. The molecule has 0 spiro atoms. The van der Waals surface area contributed by atoms with Crippen molar-refractivity contribution in [2.45, 2.75) is 25.4 Å². The Morgan fingerprint density at radius 1 is 1.04 bits per heavy atom. The van der Waals surface area contributed by atoms with Crippen LogP contribution in [-0.4, -0.2) is 21.1 Å². The van der Waals surface area contributed by atoms with Gasteiger partial charge in [-0.3, -0.25) is 4.98 Å². The van der Waals surface area contributed by atoms with E-state index in [4.69, 9.17) is 16.3 Å². The number of benzene rings is 1. The highest BCUT2D eigenvalue weighted by molar-refractivity contribution is 6.30. The predicted molar refractivity (Wildman–Crippen MR) is 87.9 cm³/mol. The van der Waals surface area contributed by atoms with Crippen LogP contribution < -0.4 is 4.74 Å². The van der Waals surface area contributed by atoms with Crippen LogP contribution in [0.5, 0.6) is 11.8 Å². The molecule has 0 radical (unpaired) electrons. The Labute approximate surface area is 146 Å². The number of hydrogen-bond acceptors (Lipinski definition) is 4. The summed E-state index contributed by atoms with van der Waals surface area (Å²) in [6.07, 6.45) is -0.502. The van der Waals surface area contributed by atoms with Crippen LogP contribution in [0.4, 0.5) is 13.2 Å². The third kappa shape index (κ3) is 4.57. The van der Waals surface area contributed by atoms with Crippen LogP contribution >= 0.6 is 11.6 Å². The van der Waals surface area contributed by atoms with Gasteiger partial charge in [0.2, 0.25) is 0 Å². The van der Waals surface area contributed by atoms with Crippen molar-refractivity contribution in [1.29, 1.82) is 0 Å². The van der Waals surface area contributed by atoms with Crippen molar-refractivity contribution in [3.8, 4) is 11.8 Å². The monoisotopic (exact) mass is 367 g/mol. The summed E-state index contributed by atoms with van der Waals surface area (Å²) in [5.41, 5.74) is 0.548. The molecular weight excluding hydrogens is 355 g/mol. The number of alkyl halides is 3. The summed E-state index contributed by atoms with van der Waals surface area (Å²) in [5.74, 6) is 0.440. The van der Waals surface area contributed by atoms with Crippen molar-refractivity contribution >= 4 is 22.4 Å². The number of pyridine rings is 1. The first-order chi connectivity index (χ1) is 11.9. The van der Waals surface area contributed by atoms with Gasteiger partial charge in [0.25, 0.3) is 0 Å². The molecule has 8 heteroatoms. The molecule has 0 amide bonds. The molecular formula is C17H13ClF3N3O. The van der Waals surface area contributed by atoms with E-state index in [0.29, 0.717) is 21.9 Å². The van der Waals surface area contributed by atoms with Crippen molar-refractivity contribution in [3.63, 3.8) is 0 Å². The number of fused-ring (bicyclic) bond motifs is 1. The minimum atomic E-state index is -4.18. The second-order valence-electron chi connectivity index (χ2n) is 5.37.